The number of imidazole rings is 1. The van der Waals surface area contributed by atoms with Crippen LogP contribution in [-0.2, 0) is 6.54 Å². The second kappa shape index (κ2) is 9.20. The first-order valence-corrected chi connectivity index (χ1v) is 12.1. The molecule has 0 spiro atoms. The molecule has 1 saturated carbocycles. The van der Waals surface area contributed by atoms with Crippen molar-refractivity contribution in [3.8, 4) is 0 Å². The Hall–Kier alpha value is -2.82. The molecule has 0 unspecified atom stereocenters. The molecule has 1 amide bonds. The molecule has 1 N–H and O–H groups in total. The van der Waals surface area contributed by atoms with Gasteiger partial charge < -0.3 is 9.88 Å². The average molecular weight is 478 g/mol. The monoisotopic (exact) mass is 477 g/mol. The number of aromatic nitrogens is 2. The number of carbonyl (C=O) groups excluding carboxylic acids is 1. The zero-order valence-corrected chi connectivity index (χ0v) is 19.9. The van der Waals surface area contributed by atoms with Gasteiger partial charge in [0, 0.05) is 18.0 Å². The van der Waals surface area contributed by atoms with E-state index in [1.807, 2.05) is 66.7 Å². The van der Waals surface area contributed by atoms with E-state index in [9.17, 15) is 4.79 Å². The van der Waals surface area contributed by atoms with Crippen molar-refractivity contribution in [1.29, 1.82) is 0 Å². The fourth-order valence-corrected chi connectivity index (χ4v) is 4.60. The molecule has 5 rings (SSSR count). The molecule has 1 aliphatic rings. The molecule has 0 radical (unpaired) electrons. The summed E-state index contributed by atoms with van der Waals surface area (Å²) in [6.07, 6.45) is 3.11. The van der Waals surface area contributed by atoms with E-state index in [1.54, 1.807) is 0 Å². The SMILES string of the molecule is CC[C@@H](NC(=O)c1ccc2c(c1)nc(C1CC1)n2Cc1ccc(Cl)c(Cl)c1)c1ccccc1. The molecule has 1 aliphatic carbocycles. The molecule has 0 saturated heterocycles. The van der Waals surface area contributed by atoms with E-state index in [2.05, 4.69) is 16.8 Å². The fraction of sp³-hybridized carbons (Fsp3) is 0.259. The van der Waals surface area contributed by atoms with Crippen LogP contribution >= 0.6 is 23.2 Å². The number of rotatable bonds is 7. The van der Waals surface area contributed by atoms with Gasteiger partial charge in [0.05, 0.1) is 27.1 Å². The van der Waals surface area contributed by atoms with Crippen LogP contribution < -0.4 is 5.32 Å². The largest absolute Gasteiger partial charge is 0.345 e. The molecular weight excluding hydrogens is 453 g/mol. The highest BCUT2D eigenvalue weighted by Crippen LogP contribution is 2.41. The van der Waals surface area contributed by atoms with Gasteiger partial charge in [0.25, 0.3) is 5.91 Å². The molecule has 168 valence electrons. The van der Waals surface area contributed by atoms with Crippen molar-refractivity contribution < 1.29 is 4.79 Å². The summed E-state index contributed by atoms with van der Waals surface area (Å²) in [5.41, 5.74) is 4.67. The van der Waals surface area contributed by atoms with E-state index < -0.39 is 0 Å². The summed E-state index contributed by atoms with van der Waals surface area (Å²) in [6, 6.07) is 21.6. The minimum Gasteiger partial charge on any atom is -0.345 e. The predicted molar refractivity (Wildman–Crippen MR) is 134 cm³/mol. The molecule has 1 fully saturated rings. The van der Waals surface area contributed by atoms with Crippen molar-refractivity contribution in [1.82, 2.24) is 14.9 Å². The van der Waals surface area contributed by atoms with Gasteiger partial charge in [-0.05, 0) is 60.7 Å². The number of hydrogen-bond acceptors (Lipinski definition) is 2. The summed E-state index contributed by atoms with van der Waals surface area (Å²) in [5.74, 6) is 1.46. The summed E-state index contributed by atoms with van der Waals surface area (Å²) < 4.78 is 2.24. The Bertz CT molecular complexity index is 1310. The van der Waals surface area contributed by atoms with Crippen molar-refractivity contribution in [2.45, 2.75) is 44.7 Å². The molecule has 0 bridgehead atoms. The van der Waals surface area contributed by atoms with E-state index in [0.717, 1.165) is 47.2 Å². The highest BCUT2D eigenvalue weighted by molar-refractivity contribution is 6.42. The number of benzene rings is 3. The maximum Gasteiger partial charge on any atom is 0.251 e. The minimum atomic E-state index is -0.0837. The topological polar surface area (TPSA) is 46.9 Å². The quantitative estimate of drug-likeness (QED) is 0.307. The molecule has 6 heteroatoms. The number of carbonyl (C=O) groups is 1. The first-order chi connectivity index (χ1) is 16.0. The second-order valence-electron chi connectivity index (χ2n) is 8.63. The lowest BCUT2D eigenvalue weighted by Crippen LogP contribution is -2.28. The maximum absolute atomic E-state index is 13.1. The summed E-state index contributed by atoms with van der Waals surface area (Å²) in [5, 5.41) is 4.27. The van der Waals surface area contributed by atoms with Crippen LogP contribution in [0, 0.1) is 0 Å². The Balaban J connectivity index is 1.44. The number of fused-ring (bicyclic) bond motifs is 1. The van der Waals surface area contributed by atoms with Crippen LogP contribution in [0.4, 0.5) is 0 Å². The molecule has 1 atom stereocenters. The van der Waals surface area contributed by atoms with E-state index in [-0.39, 0.29) is 11.9 Å². The van der Waals surface area contributed by atoms with Crippen LogP contribution in [0.5, 0.6) is 0 Å². The number of nitrogens with one attached hydrogen (secondary N) is 1. The molecule has 1 aromatic heterocycles. The van der Waals surface area contributed by atoms with E-state index in [4.69, 9.17) is 28.2 Å². The van der Waals surface area contributed by atoms with Crippen molar-refractivity contribution >= 4 is 40.1 Å². The molecule has 33 heavy (non-hydrogen) atoms. The van der Waals surface area contributed by atoms with Crippen molar-refractivity contribution in [3.05, 3.63) is 99.3 Å². The maximum atomic E-state index is 13.1. The van der Waals surface area contributed by atoms with Gasteiger partial charge in [-0.1, -0.05) is 66.5 Å². The van der Waals surface area contributed by atoms with Gasteiger partial charge in [0.15, 0.2) is 0 Å². The summed E-state index contributed by atoms with van der Waals surface area (Å²) >= 11 is 12.3. The third kappa shape index (κ3) is 4.64. The Morgan fingerprint density at radius 3 is 2.55 bits per heavy atom. The molecule has 4 aromatic rings. The lowest BCUT2D eigenvalue weighted by molar-refractivity contribution is 0.0935. The third-order valence-corrected chi connectivity index (χ3v) is 6.96. The Morgan fingerprint density at radius 2 is 1.85 bits per heavy atom. The van der Waals surface area contributed by atoms with Gasteiger partial charge in [0.2, 0.25) is 0 Å². The van der Waals surface area contributed by atoms with Crippen LogP contribution in [0.2, 0.25) is 10.0 Å². The lowest BCUT2D eigenvalue weighted by Gasteiger charge is -2.17. The number of nitrogens with zero attached hydrogens (tertiary/aromatic N) is 2. The first kappa shape index (κ1) is 22.0. The van der Waals surface area contributed by atoms with Crippen LogP contribution in [0.15, 0.2) is 66.7 Å². The lowest BCUT2D eigenvalue weighted by atomic mass is 10.0. The third-order valence-electron chi connectivity index (χ3n) is 6.22. The standard InChI is InChI=1S/C27H25Cl2N3O/c1-2-23(18-6-4-3-5-7-18)31-27(33)20-11-13-25-24(15-20)30-26(19-9-10-19)32(25)16-17-8-12-21(28)22(29)14-17/h3-8,11-15,19,23H,2,9-10,16H2,1H3,(H,31,33)/t23-/m1/s1. The van der Waals surface area contributed by atoms with Crippen LogP contribution in [0.25, 0.3) is 11.0 Å². The van der Waals surface area contributed by atoms with Crippen molar-refractivity contribution in [2.24, 2.45) is 0 Å². The Labute approximate surface area is 203 Å². The average Bonchev–Trinajstić information content (AvgIpc) is 3.62. The van der Waals surface area contributed by atoms with E-state index >= 15 is 0 Å². The van der Waals surface area contributed by atoms with Crippen LogP contribution in [-0.4, -0.2) is 15.5 Å². The highest BCUT2D eigenvalue weighted by Gasteiger charge is 2.30. The van der Waals surface area contributed by atoms with Gasteiger partial charge in [-0.3, -0.25) is 4.79 Å². The fourth-order valence-electron chi connectivity index (χ4n) is 4.28. The van der Waals surface area contributed by atoms with E-state index in [0.29, 0.717) is 28.1 Å². The minimum absolute atomic E-state index is 0.0244. The Morgan fingerprint density at radius 1 is 1.06 bits per heavy atom. The Kier molecular flexibility index (Phi) is 6.13. The molecular formula is C27H25Cl2N3O. The highest BCUT2D eigenvalue weighted by atomic mass is 35.5. The molecule has 3 aromatic carbocycles. The van der Waals surface area contributed by atoms with E-state index in [1.165, 1.54) is 0 Å². The molecule has 1 heterocycles. The molecule has 0 aliphatic heterocycles. The number of amides is 1. The van der Waals surface area contributed by atoms with Gasteiger partial charge >= 0.3 is 0 Å². The second-order valence-corrected chi connectivity index (χ2v) is 9.44. The molecule has 4 nitrogen and oxygen atoms in total. The summed E-state index contributed by atoms with van der Waals surface area (Å²) in [4.78, 5) is 18.0. The normalized spacial score (nSPS) is 14.4. The predicted octanol–water partition coefficient (Wildman–Crippen LogP) is 7.15. The van der Waals surface area contributed by atoms with Crippen LogP contribution in [0.1, 0.15) is 65.5 Å². The summed E-state index contributed by atoms with van der Waals surface area (Å²) in [7, 11) is 0. The van der Waals surface area contributed by atoms with Crippen molar-refractivity contribution in [3.63, 3.8) is 0 Å². The van der Waals surface area contributed by atoms with Gasteiger partial charge in [-0.25, -0.2) is 4.98 Å². The van der Waals surface area contributed by atoms with Gasteiger partial charge in [-0.15, -0.1) is 0 Å². The van der Waals surface area contributed by atoms with Gasteiger partial charge in [0.1, 0.15) is 5.82 Å². The summed E-state index contributed by atoms with van der Waals surface area (Å²) in [6.45, 7) is 2.74. The number of halogens is 2. The van der Waals surface area contributed by atoms with Gasteiger partial charge in [-0.2, -0.15) is 0 Å². The first-order valence-electron chi connectivity index (χ1n) is 11.3. The zero-order valence-electron chi connectivity index (χ0n) is 18.4. The van der Waals surface area contributed by atoms with Crippen LogP contribution in [0.3, 0.4) is 0 Å². The smallest absolute Gasteiger partial charge is 0.251 e. The number of hydrogen-bond donors (Lipinski definition) is 1. The van der Waals surface area contributed by atoms with Crippen molar-refractivity contribution in [2.75, 3.05) is 0 Å². The zero-order chi connectivity index (χ0) is 22.9.